The molecule has 3 rings (SSSR count). The van der Waals surface area contributed by atoms with Crippen molar-refractivity contribution in [2.45, 2.75) is 117 Å². The Morgan fingerprint density at radius 1 is 1.00 bits per heavy atom. The van der Waals surface area contributed by atoms with Gasteiger partial charge in [-0.1, -0.05) is 113 Å². The highest BCUT2D eigenvalue weighted by Crippen LogP contribution is 2.45. The van der Waals surface area contributed by atoms with Crippen LogP contribution < -0.4 is 15.7 Å². The minimum Gasteiger partial charge on any atom is -0.463 e. The van der Waals surface area contributed by atoms with Gasteiger partial charge in [0.15, 0.2) is 0 Å². The van der Waals surface area contributed by atoms with Crippen LogP contribution in [0.4, 0.5) is 4.79 Å². The standard InChI is InChI=1S/C40H59NO5Si/c1-10-44-36(42)31(2)22-15-11-12-20-28-40(41-37(43)46-38(4,5)6)29-21-27-35(40)32(3)30-45-47(39(7,8)9,33-23-16-13-17-24-33)34-25-18-14-19-26-34/h11,13-19,22-26,32,35H,10,12,20-21,27-30H2,1-9H3,(H,41,43)/b15-11+,31-22+/t32-,35+,40+/m0/s1. The van der Waals surface area contributed by atoms with Gasteiger partial charge in [0.05, 0.1) is 6.61 Å². The van der Waals surface area contributed by atoms with Crippen molar-refractivity contribution in [2.75, 3.05) is 13.2 Å². The number of carbonyl (C=O) groups is 2. The van der Waals surface area contributed by atoms with E-state index in [4.69, 9.17) is 13.9 Å². The fraction of sp³-hybridized carbons (Fsp3) is 0.550. The summed E-state index contributed by atoms with van der Waals surface area (Å²) in [5, 5.41) is 5.84. The van der Waals surface area contributed by atoms with Crippen LogP contribution in [0.25, 0.3) is 0 Å². The number of carbonyl (C=O) groups excluding carboxylic acids is 2. The van der Waals surface area contributed by atoms with E-state index in [1.54, 1.807) is 19.9 Å². The van der Waals surface area contributed by atoms with Gasteiger partial charge < -0.3 is 19.2 Å². The third-order valence-corrected chi connectivity index (χ3v) is 14.3. The van der Waals surface area contributed by atoms with Crippen LogP contribution in [-0.4, -0.2) is 44.7 Å². The molecule has 0 saturated heterocycles. The lowest BCUT2D eigenvalue weighted by Gasteiger charge is -2.45. The first-order valence-corrected chi connectivity index (χ1v) is 19.3. The maximum absolute atomic E-state index is 13.3. The van der Waals surface area contributed by atoms with Gasteiger partial charge in [-0.25, -0.2) is 9.59 Å². The summed E-state index contributed by atoms with van der Waals surface area (Å²) in [6.07, 6.45) is 11.0. The van der Waals surface area contributed by atoms with Gasteiger partial charge >= 0.3 is 12.1 Å². The molecule has 1 saturated carbocycles. The quantitative estimate of drug-likeness (QED) is 0.0723. The number of hydrogen-bond acceptors (Lipinski definition) is 5. The van der Waals surface area contributed by atoms with Crippen LogP contribution in [0.15, 0.2) is 84.5 Å². The molecule has 47 heavy (non-hydrogen) atoms. The second-order valence-electron chi connectivity index (χ2n) is 15.1. The Morgan fingerprint density at radius 3 is 2.13 bits per heavy atom. The summed E-state index contributed by atoms with van der Waals surface area (Å²) in [6, 6.07) is 21.5. The molecule has 6 nitrogen and oxygen atoms in total. The van der Waals surface area contributed by atoms with E-state index in [2.05, 4.69) is 99.8 Å². The third kappa shape index (κ3) is 10.2. The van der Waals surface area contributed by atoms with E-state index in [-0.39, 0.29) is 34.5 Å². The van der Waals surface area contributed by atoms with Crippen LogP contribution in [0.5, 0.6) is 0 Å². The number of alkyl carbamates (subject to hydrolysis) is 1. The van der Waals surface area contributed by atoms with Crippen molar-refractivity contribution in [1.82, 2.24) is 5.32 Å². The molecular weight excluding hydrogens is 603 g/mol. The lowest BCUT2D eigenvalue weighted by molar-refractivity contribution is -0.138. The lowest BCUT2D eigenvalue weighted by Crippen LogP contribution is -2.67. The van der Waals surface area contributed by atoms with Gasteiger partial charge in [-0.05, 0) is 94.0 Å². The Kier molecular flexibility index (Phi) is 13.7. The second kappa shape index (κ2) is 16.8. The van der Waals surface area contributed by atoms with Crippen molar-refractivity contribution < 1.29 is 23.5 Å². The zero-order valence-corrected chi connectivity index (χ0v) is 31.4. The van der Waals surface area contributed by atoms with Crippen LogP contribution in [0.1, 0.15) is 101 Å². The van der Waals surface area contributed by atoms with Crippen molar-refractivity contribution in [3.63, 3.8) is 0 Å². The Morgan fingerprint density at radius 2 is 1.60 bits per heavy atom. The summed E-state index contributed by atoms with van der Waals surface area (Å²) < 4.78 is 18.3. The zero-order valence-electron chi connectivity index (χ0n) is 30.4. The van der Waals surface area contributed by atoms with Gasteiger partial charge in [-0.3, -0.25) is 0 Å². The van der Waals surface area contributed by atoms with Gasteiger partial charge in [0.25, 0.3) is 8.32 Å². The summed E-state index contributed by atoms with van der Waals surface area (Å²) in [4.78, 5) is 25.2. The Bertz CT molecular complexity index is 1300. The smallest absolute Gasteiger partial charge is 0.408 e. The number of ether oxygens (including phenoxy) is 2. The maximum atomic E-state index is 13.3. The molecule has 1 N–H and O–H groups in total. The molecule has 1 amide bonds. The van der Waals surface area contributed by atoms with E-state index in [1.165, 1.54) is 10.4 Å². The number of rotatable bonds is 14. The molecule has 1 aliphatic carbocycles. The number of esters is 1. The molecular formula is C40H59NO5Si. The molecule has 3 atom stereocenters. The number of benzene rings is 2. The SMILES string of the molecule is CCOC(=O)/C(C)=C/C=C/CCC[C@@]1(NC(=O)OC(C)(C)C)CCC[C@@H]1[C@@H](C)CO[Si](c1ccccc1)(c1ccccc1)C(C)(C)C. The molecule has 7 heteroatoms. The van der Waals surface area contributed by atoms with Gasteiger partial charge in [0.1, 0.15) is 5.60 Å². The fourth-order valence-corrected chi connectivity index (χ4v) is 11.9. The van der Waals surface area contributed by atoms with E-state index in [9.17, 15) is 9.59 Å². The topological polar surface area (TPSA) is 73.9 Å². The van der Waals surface area contributed by atoms with Crippen molar-refractivity contribution in [1.29, 1.82) is 0 Å². The highest BCUT2D eigenvalue weighted by Gasteiger charge is 2.52. The van der Waals surface area contributed by atoms with Crippen molar-refractivity contribution in [3.8, 4) is 0 Å². The van der Waals surface area contributed by atoms with Crippen LogP contribution in [0, 0.1) is 11.8 Å². The number of amides is 1. The molecule has 1 fully saturated rings. The van der Waals surface area contributed by atoms with Crippen LogP contribution in [0.3, 0.4) is 0 Å². The Balaban J connectivity index is 1.87. The van der Waals surface area contributed by atoms with Crippen molar-refractivity contribution >= 4 is 30.8 Å². The lowest BCUT2D eigenvalue weighted by atomic mass is 9.76. The highest BCUT2D eigenvalue weighted by atomic mass is 28.4. The molecule has 2 aromatic carbocycles. The van der Waals surface area contributed by atoms with Gasteiger partial charge in [0, 0.05) is 17.7 Å². The predicted molar refractivity (Wildman–Crippen MR) is 196 cm³/mol. The molecule has 0 bridgehead atoms. The Labute approximate surface area is 285 Å². The summed E-state index contributed by atoms with van der Waals surface area (Å²) in [5.41, 5.74) is -0.388. The average molecular weight is 662 g/mol. The molecule has 1 aliphatic rings. The van der Waals surface area contributed by atoms with E-state index in [1.807, 2.05) is 26.8 Å². The average Bonchev–Trinajstić information content (AvgIpc) is 3.41. The third-order valence-electron chi connectivity index (χ3n) is 9.34. The summed E-state index contributed by atoms with van der Waals surface area (Å²) in [7, 11) is -2.70. The molecule has 2 aromatic rings. The summed E-state index contributed by atoms with van der Waals surface area (Å²) in [6.45, 7) is 19.5. The van der Waals surface area contributed by atoms with Crippen LogP contribution in [-0.2, 0) is 18.7 Å². The van der Waals surface area contributed by atoms with E-state index < -0.39 is 13.9 Å². The van der Waals surface area contributed by atoms with Gasteiger partial charge in [-0.15, -0.1) is 0 Å². The van der Waals surface area contributed by atoms with E-state index >= 15 is 0 Å². The first-order chi connectivity index (χ1) is 22.1. The zero-order chi connectivity index (χ0) is 34.7. The highest BCUT2D eigenvalue weighted by molar-refractivity contribution is 6.99. The first kappa shape index (κ1) is 38.3. The molecule has 0 aromatic heterocycles. The largest absolute Gasteiger partial charge is 0.463 e. The first-order valence-electron chi connectivity index (χ1n) is 17.4. The molecule has 0 aliphatic heterocycles. The molecule has 0 radical (unpaired) electrons. The number of unbranched alkanes of at least 4 members (excludes halogenated alkanes) is 1. The van der Waals surface area contributed by atoms with E-state index in [0.29, 0.717) is 18.8 Å². The summed E-state index contributed by atoms with van der Waals surface area (Å²) >= 11 is 0. The fourth-order valence-electron chi connectivity index (χ4n) is 7.25. The van der Waals surface area contributed by atoms with Crippen LogP contribution in [0.2, 0.25) is 5.04 Å². The molecule has 0 unspecified atom stereocenters. The minimum absolute atomic E-state index is 0.108. The van der Waals surface area contributed by atoms with E-state index in [0.717, 1.165) is 38.5 Å². The molecule has 0 heterocycles. The molecule has 258 valence electrons. The van der Waals surface area contributed by atoms with Gasteiger partial charge in [-0.2, -0.15) is 0 Å². The normalized spacial score (nSPS) is 19.9. The Hall–Kier alpha value is -3.16. The number of nitrogens with one attached hydrogen (secondary N) is 1. The predicted octanol–water partition coefficient (Wildman–Crippen LogP) is 8.50. The van der Waals surface area contributed by atoms with Gasteiger partial charge in [0.2, 0.25) is 0 Å². The number of allylic oxidation sites excluding steroid dienone is 3. The van der Waals surface area contributed by atoms with Crippen molar-refractivity contribution in [2.24, 2.45) is 11.8 Å². The monoisotopic (exact) mass is 661 g/mol. The number of hydrogen-bond donors (Lipinski definition) is 1. The van der Waals surface area contributed by atoms with Crippen LogP contribution >= 0.6 is 0 Å². The minimum atomic E-state index is -2.70. The summed E-state index contributed by atoms with van der Waals surface area (Å²) in [5.74, 6) is 0.156. The molecule has 0 spiro atoms. The second-order valence-corrected chi connectivity index (χ2v) is 19.4. The maximum Gasteiger partial charge on any atom is 0.408 e. The van der Waals surface area contributed by atoms with Crippen molar-refractivity contribution in [3.05, 3.63) is 84.5 Å².